The van der Waals surface area contributed by atoms with Gasteiger partial charge in [0.25, 0.3) is 0 Å². The van der Waals surface area contributed by atoms with E-state index < -0.39 is 0 Å². The maximum atomic E-state index is 11.3. The molecular formula is C8H10N3O. The highest BCUT2D eigenvalue weighted by Crippen LogP contribution is 2.09. The van der Waals surface area contributed by atoms with Gasteiger partial charge >= 0.3 is 0 Å². The molecule has 0 aromatic heterocycles. The van der Waals surface area contributed by atoms with Gasteiger partial charge in [0.05, 0.1) is 0 Å². The van der Waals surface area contributed by atoms with Crippen molar-refractivity contribution >= 4 is 18.0 Å². The van der Waals surface area contributed by atoms with Gasteiger partial charge in [-0.25, -0.2) is 4.99 Å². The quantitative estimate of drug-likeness (QED) is 0.504. The van der Waals surface area contributed by atoms with E-state index >= 15 is 0 Å². The molecule has 2 rings (SSSR count). The molecule has 0 aromatic carbocycles. The number of amidine groups is 1. The van der Waals surface area contributed by atoms with Gasteiger partial charge in [-0.15, -0.1) is 0 Å². The first-order valence-corrected chi connectivity index (χ1v) is 4.15. The lowest BCUT2D eigenvalue weighted by molar-refractivity contribution is -0.112. The van der Waals surface area contributed by atoms with Gasteiger partial charge in [-0.2, -0.15) is 0 Å². The molecule has 1 saturated heterocycles. The maximum Gasteiger partial charge on any atom is 0.219 e. The normalized spacial score (nSPS) is 23.2. The number of rotatable bonds is 0. The molecule has 0 aromatic rings. The van der Waals surface area contributed by atoms with Crippen molar-refractivity contribution in [3.63, 3.8) is 0 Å². The summed E-state index contributed by atoms with van der Waals surface area (Å²) in [7, 11) is 0. The van der Waals surface area contributed by atoms with E-state index in [2.05, 4.69) is 16.3 Å². The van der Waals surface area contributed by atoms with Crippen molar-refractivity contribution in [2.24, 2.45) is 9.98 Å². The molecular weight excluding hydrogens is 154 g/mol. The van der Waals surface area contributed by atoms with Crippen LogP contribution in [0.3, 0.4) is 0 Å². The molecule has 0 unspecified atom stereocenters. The minimum atomic E-state index is 0.0238. The van der Waals surface area contributed by atoms with Gasteiger partial charge in [-0.05, 0) is 12.8 Å². The summed E-state index contributed by atoms with van der Waals surface area (Å²) in [6.07, 6.45) is 4.80. The molecule has 4 nitrogen and oxygen atoms in total. The molecule has 0 atom stereocenters. The summed E-state index contributed by atoms with van der Waals surface area (Å²) in [6.45, 7) is 2.12. The molecule has 2 heterocycles. The number of nitrogens with zero attached hydrogens (tertiary/aromatic N) is 3. The summed E-state index contributed by atoms with van der Waals surface area (Å²) in [6, 6.07) is 0. The highest BCUT2D eigenvalue weighted by atomic mass is 16.1. The molecule has 1 radical (unpaired) electrons. The van der Waals surface area contributed by atoms with Crippen LogP contribution in [-0.4, -0.2) is 42.5 Å². The van der Waals surface area contributed by atoms with Gasteiger partial charge in [-0.3, -0.25) is 9.79 Å². The monoisotopic (exact) mass is 164 g/mol. The number of hydrogen-bond acceptors (Lipinski definition) is 4. The molecule has 0 spiro atoms. The zero-order chi connectivity index (χ0) is 8.39. The molecule has 2 aliphatic heterocycles. The molecule has 63 valence electrons. The summed E-state index contributed by atoms with van der Waals surface area (Å²) in [4.78, 5) is 20.8. The fourth-order valence-corrected chi connectivity index (χ4v) is 1.50. The maximum absolute atomic E-state index is 11.3. The minimum absolute atomic E-state index is 0.0238. The summed E-state index contributed by atoms with van der Waals surface area (Å²) in [5.74, 6) is 0.582. The highest BCUT2D eigenvalue weighted by molar-refractivity contribution is 6.41. The van der Waals surface area contributed by atoms with Crippen molar-refractivity contribution < 1.29 is 4.79 Å². The van der Waals surface area contributed by atoms with E-state index in [4.69, 9.17) is 0 Å². The first kappa shape index (κ1) is 7.46. The average molecular weight is 164 g/mol. The standard InChI is InChI=1S/C8H10N3O/c12-7-5-9-6-10-8(7)11-3-1-2-4-11/h1-5H2. The Labute approximate surface area is 71.0 Å². The van der Waals surface area contributed by atoms with Crippen molar-refractivity contribution in [3.05, 3.63) is 0 Å². The lowest BCUT2D eigenvalue weighted by Crippen LogP contribution is -2.37. The molecule has 2 aliphatic rings. The molecule has 0 saturated carbocycles. The van der Waals surface area contributed by atoms with Crippen molar-refractivity contribution in [1.82, 2.24) is 4.90 Å². The van der Waals surface area contributed by atoms with Crippen molar-refractivity contribution in [2.45, 2.75) is 12.8 Å². The van der Waals surface area contributed by atoms with Gasteiger partial charge < -0.3 is 4.90 Å². The average Bonchev–Trinajstić information content (AvgIpc) is 2.57. The first-order chi connectivity index (χ1) is 5.88. The van der Waals surface area contributed by atoms with Gasteiger partial charge in [-0.1, -0.05) is 0 Å². The number of Topliss-reactive ketones (excluding diaryl/α,β-unsaturated/α-hetero) is 1. The van der Waals surface area contributed by atoms with Gasteiger partial charge in [0.2, 0.25) is 5.78 Å². The van der Waals surface area contributed by atoms with Crippen molar-refractivity contribution in [1.29, 1.82) is 0 Å². The van der Waals surface area contributed by atoms with E-state index in [1.54, 1.807) is 0 Å². The molecule has 0 amide bonds. The highest BCUT2D eigenvalue weighted by Gasteiger charge is 2.23. The van der Waals surface area contributed by atoms with Crippen LogP contribution < -0.4 is 0 Å². The van der Waals surface area contributed by atoms with Crippen LogP contribution in [-0.2, 0) is 4.79 Å². The van der Waals surface area contributed by atoms with Crippen LogP contribution >= 0.6 is 0 Å². The molecule has 0 aliphatic carbocycles. The van der Waals surface area contributed by atoms with Crippen molar-refractivity contribution in [2.75, 3.05) is 19.6 Å². The van der Waals surface area contributed by atoms with E-state index in [0.29, 0.717) is 5.84 Å². The molecule has 0 N–H and O–H groups in total. The Bertz CT molecular complexity index is 251. The molecule has 1 fully saturated rings. The number of hydrogen-bond donors (Lipinski definition) is 0. The summed E-state index contributed by atoms with van der Waals surface area (Å²) in [5, 5.41) is 0. The second-order valence-electron chi connectivity index (χ2n) is 2.97. The number of likely N-dealkylation sites (tertiary alicyclic amines) is 1. The van der Waals surface area contributed by atoms with Crippen LogP contribution in [0.1, 0.15) is 12.8 Å². The predicted molar refractivity (Wildman–Crippen MR) is 45.6 cm³/mol. The van der Waals surface area contributed by atoms with E-state index in [-0.39, 0.29) is 12.3 Å². The predicted octanol–water partition coefficient (Wildman–Crippen LogP) is -0.0313. The lowest BCUT2D eigenvalue weighted by Gasteiger charge is -2.18. The van der Waals surface area contributed by atoms with E-state index in [9.17, 15) is 4.79 Å². The topological polar surface area (TPSA) is 45.0 Å². The van der Waals surface area contributed by atoms with E-state index in [1.807, 2.05) is 4.90 Å². The van der Waals surface area contributed by atoms with Crippen LogP contribution in [0.4, 0.5) is 0 Å². The van der Waals surface area contributed by atoms with Crippen LogP contribution in [0.2, 0.25) is 0 Å². The Kier molecular flexibility index (Phi) is 1.89. The number of carbonyl (C=O) groups excluding carboxylic acids is 1. The largest absolute Gasteiger partial charge is 0.354 e. The first-order valence-electron chi connectivity index (χ1n) is 4.15. The summed E-state index contributed by atoms with van der Waals surface area (Å²) < 4.78 is 0. The van der Waals surface area contributed by atoms with E-state index in [0.717, 1.165) is 25.9 Å². The number of carbonyl (C=O) groups is 1. The Balaban J connectivity index is 2.14. The Morgan fingerprint density at radius 2 is 2.08 bits per heavy atom. The Morgan fingerprint density at radius 3 is 2.75 bits per heavy atom. The van der Waals surface area contributed by atoms with Gasteiger partial charge in [0.1, 0.15) is 6.54 Å². The van der Waals surface area contributed by atoms with E-state index in [1.165, 1.54) is 0 Å². The van der Waals surface area contributed by atoms with Crippen LogP contribution in [0.5, 0.6) is 0 Å². The minimum Gasteiger partial charge on any atom is -0.354 e. The fraction of sp³-hybridized carbons (Fsp3) is 0.625. The molecule has 12 heavy (non-hydrogen) atoms. The zero-order valence-corrected chi connectivity index (χ0v) is 6.79. The van der Waals surface area contributed by atoms with Crippen LogP contribution in [0, 0.1) is 0 Å². The van der Waals surface area contributed by atoms with Gasteiger partial charge in [0.15, 0.2) is 12.2 Å². The second-order valence-corrected chi connectivity index (χ2v) is 2.97. The molecule has 4 heteroatoms. The Hall–Kier alpha value is -1.19. The fourth-order valence-electron chi connectivity index (χ4n) is 1.50. The van der Waals surface area contributed by atoms with Gasteiger partial charge in [0, 0.05) is 13.1 Å². The number of ketones is 1. The van der Waals surface area contributed by atoms with Crippen molar-refractivity contribution in [3.8, 4) is 0 Å². The third-order valence-electron chi connectivity index (χ3n) is 2.10. The third kappa shape index (κ3) is 1.24. The number of aliphatic imine (C=N–C) groups is 2. The SMILES string of the molecule is O=C1CN=[C]N=C1N1CCCC1. The molecule has 0 bridgehead atoms. The van der Waals surface area contributed by atoms with Crippen LogP contribution in [0.15, 0.2) is 9.98 Å². The summed E-state index contributed by atoms with van der Waals surface area (Å²) in [5.41, 5.74) is 0. The lowest BCUT2D eigenvalue weighted by atomic mass is 10.3. The zero-order valence-electron chi connectivity index (χ0n) is 6.79. The van der Waals surface area contributed by atoms with Crippen LogP contribution in [0.25, 0.3) is 0 Å². The second kappa shape index (κ2) is 3.05. The smallest absolute Gasteiger partial charge is 0.219 e. The third-order valence-corrected chi connectivity index (χ3v) is 2.10. The summed E-state index contributed by atoms with van der Waals surface area (Å²) >= 11 is 0. The Morgan fingerprint density at radius 1 is 1.33 bits per heavy atom.